The zero-order valence-electron chi connectivity index (χ0n) is 10.8. The average Bonchev–Trinajstić information content (AvgIpc) is 2.34. The number of rotatable bonds is 5. The van der Waals surface area contributed by atoms with Gasteiger partial charge in [0.15, 0.2) is 6.29 Å². The monoisotopic (exact) mass is 262 g/mol. The number of ether oxygens (including phenoxy) is 2. The summed E-state index contributed by atoms with van der Waals surface area (Å²) in [5.74, 6) is -0.584. The molecule has 1 unspecified atom stereocenters. The Morgan fingerprint density at radius 2 is 2.00 bits per heavy atom. The van der Waals surface area contributed by atoms with Crippen LogP contribution in [-0.4, -0.2) is 52.5 Å². The number of aliphatic hydroxyl groups excluding tert-OH is 3. The summed E-state index contributed by atoms with van der Waals surface area (Å²) in [5.41, 5.74) is 0. The van der Waals surface area contributed by atoms with Crippen LogP contribution in [0.4, 0.5) is 0 Å². The molecular formula is C12H22O6. The zero-order chi connectivity index (χ0) is 13.7. The van der Waals surface area contributed by atoms with Gasteiger partial charge in [-0.25, -0.2) is 0 Å². The second-order valence-electron chi connectivity index (χ2n) is 4.53. The molecule has 0 bridgehead atoms. The molecule has 1 fully saturated rings. The standard InChI is InChI=1S/C12H22O6/c1-3-7(4-2)12(16)18-8-5-10(14)17-9(6-13)11(8)15/h7-11,13-15H,3-6H2,1-2H3/t8-,9-,10?,11+/m1/s1. The molecular weight excluding hydrogens is 240 g/mol. The van der Waals surface area contributed by atoms with Gasteiger partial charge < -0.3 is 24.8 Å². The minimum Gasteiger partial charge on any atom is -0.459 e. The molecule has 1 saturated heterocycles. The van der Waals surface area contributed by atoms with Gasteiger partial charge in [0.25, 0.3) is 0 Å². The SMILES string of the molecule is CCC(CC)C(=O)O[C@@H]1CC(O)O[C@H](CO)[C@H]1O. The molecule has 1 aliphatic heterocycles. The fourth-order valence-electron chi connectivity index (χ4n) is 2.05. The summed E-state index contributed by atoms with van der Waals surface area (Å²) in [6.45, 7) is 3.35. The summed E-state index contributed by atoms with van der Waals surface area (Å²) in [5, 5.41) is 28.3. The Balaban J connectivity index is 2.61. The molecule has 6 nitrogen and oxygen atoms in total. The molecule has 6 heteroatoms. The second kappa shape index (κ2) is 7.04. The van der Waals surface area contributed by atoms with E-state index in [9.17, 15) is 15.0 Å². The maximum atomic E-state index is 11.8. The molecule has 3 N–H and O–H groups in total. The Hall–Kier alpha value is -0.690. The van der Waals surface area contributed by atoms with Gasteiger partial charge in [-0.3, -0.25) is 4.79 Å². The van der Waals surface area contributed by atoms with E-state index in [2.05, 4.69) is 0 Å². The number of carbonyl (C=O) groups is 1. The van der Waals surface area contributed by atoms with Crippen LogP contribution in [0.1, 0.15) is 33.1 Å². The first-order valence-corrected chi connectivity index (χ1v) is 6.36. The first kappa shape index (κ1) is 15.4. The van der Waals surface area contributed by atoms with Crippen molar-refractivity contribution >= 4 is 5.97 Å². The van der Waals surface area contributed by atoms with Crippen LogP contribution in [0.25, 0.3) is 0 Å². The molecule has 1 heterocycles. The molecule has 0 amide bonds. The first-order chi connectivity index (χ1) is 8.53. The summed E-state index contributed by atoms with van der Waals surface area (Å²) in [6.07, 6.45) is -2.65. The highest BCUT2D eigenvalue weighted by molar-refractivity contribution is 5.72. The van der Waals surface area contributed by atoms with Gasteiger partial charge in [0, 0.05) is 6.42 Å². The van der Waals surface area contributed by atoms with Crippen LogP contribution in [0.5, 0.6) is 0 Å². The molecule has 0 spiro atoms. The molecule has 0 radical (unpaired) electrons. The Bertz CT molecular complexity index is 265. The summed E-state index contributed by atoms with van der Waals surface area (Å²) in [7, 11) is 0. The van der Waals surface area contributed by atoms with Crippen molar-refractivity contribution in [2.24, 2.45) is 5.92 Å². The van der Waals surface area contributed by atoms with Gasteiger partial charge in [0.05, 0.1) is 12.5 Å². The maximum absolute atomic E-state index is 11.8. The molecule has 4 atom stereocenters. The summed E-state index contributed by atoms with van der Waals surface area (Å²) in [6, 6.07) is 0. The lowest BCUT2D eigenvalue weighted by Gasteiger charge is -2.36. The van der Waals surface area contributed by atoms with E-state index >= 15 is 0 Å². The van der Waals surface area contributed by atoms with Gasteiger partial charge in [0.2, 0.25) is 0 Å². The summed E-state index contributed by atoms with van der Waals surface area (Å²) in [4.78, 5) is 11.8. The van der Waals surface area contributed by atoms with Crippen molar-refractivity contribution in [1.29, 1.82) is 0 Å². The molecule has 0 aromatic carbocycles. The van der Waals surface area contributed by atoms with Crippen molar-refractivity contribution in [2.45, 2.75) is 57.7 Å². The number of aliphatic hydroxyl groups is 3. The summed E-state index contributed by atoms with van der Waals surface area (Å²) >= 11 is 0. The van der Waals surface area contributed by atoms with Crippen molar-refractivity contribution in [3.8, 4) is 0 Å². The van der Waals surface area contributed by atoms with E-state index in [1.54, 1.807) is 0 Å². The van der Waals surface area contributed by atoms with Crippen LogP contribution in [0.3, 0.4) is 0 Å². The first-order valence-electron chi connectivity index (χ1n) is 6.36. The largest absolute Gasteiger partial charge is 0.459 e. The molecule has 0 aromatic rings. The molecule has 0 saturated carbocycles. The highest BCUT2D eigenvalue weighted by Gasteiger charge is 2.39. The fourth-order valence-corrected chi connectivity index (χ4v) is 2.05. The van der Waals surface area contributed by atoms with Crippen LogP contribution < -0.4 is 0 Å². The number of hydrogen-bond donors (Lipinski definition) is 3. The van der Waals surface area contributed by atoms with E-state index in [-0.39, 0.29) is 18.3 Å². The quantitative estimate of drug-likeness (QED) is 0.594. The van der Waals surface area contributed by atoms with Gasteiger partial charge in [-0.15, -0.1) is 0 Å². The average molecular weight is 262 g/mol. The lowest BCUT2D eigenvalue weighted by atomic mass is 10.0. The molecule has 18 heavy (non-hydrogen) atoms. The smallest absolute Gasteiger partial charge is 0.309 e. The number of carbonyl (C=O) groups excluding carboxylic acids is 1. The zero-order valence-corrected chi connectivity index (χ0v) is 10.8. The normalized spacial score (nSPS) is 32.6. The fraction of sp³-hybridized carbons (Fsp3) is 0.917. The molecule has 106 valence electrons. The van der Waals surface area contributed by atoms with E-state index < -0.39 is 31.2 Å². The molecule has 1 aliphatic rings. The van der Waals surface area contributed by atoms with Gasteiger partial charge in [-0.2, -0.15) is 0 Å². The van der Waals surface area contributed by atoms with Crippen molar-refractivity contribution in [3.05, 3.63) is 0 Å². The van der Waals surface area contributed by atoms with Crippen LogP contribution >= 0.6 is 0 Å². The van der Waals surface area contributed by atoms with Crippen LogP contribution in [0.2, 0.25) is 0 Å². The van der Waals surface area contributed by atoms with Crippen molar-refractivity contribution in [2.75, 3.05) is 6.61 Å². The van der Waals surface area contributed by atoms with Gasteiger partial charge in [-0.1, -0.05) is 13.8 Å². The molecule has 1 rings (SSSR count). The van der Waals surface area contributed by atoms with E-state index in [1.807, 2.05) is 13.8 Å². The molecule has 0 aliphatic carbocycles. The second-order valence-corrected chi connectivity index (χ2v) is 4.53. The topological polar surface area (TPSA) is 96.2 Å². The van der Waals surface area contributed by atoms with Crippen LogP contribution in [0, 0.1) is 5.92 Å². The Morgan fingerprint density at radius 1 is 1.39 bits per heavy atom. The predicted molar refractivity (Wildman–Crippen MR) is 62.5 cm³/mol. The number of hydrogen-bond acceptors (Lipinski definition) is 6. The van der Waals surface area contributed by atoms with E-state index in [0.29, 0.717) is 12.8 Å². The van der Waals surface area contributed by atoms with Crippen molar-refractivity contribution in [1.82, 2.24) is 0 Å². The third kappa shape index (κ3) is 3.65. The Kier molecular flexibility index (Phi) is 6.01. The third-order valence-electron chi connectivity index (χ3n) is 3.29. The predicted octanol–water partition coefficient (Wildman–Crippen LogP) is -0.205. The lowest BCUT2D eigenvalue weighted by Crippen LogP contribution is -2.51. The van der Waals surface area contributed by atoms with Crippen molar-refractivity contribution in [3.63, 3.8) is 0 Å². The van der Waals surface area contributed by atoms with E-state index in [1.165, 1.54) is 0 Å². The Labute approximate surface area is 107 Å². The van der Waals surface area contributed by atoms with Crippen LogP contribution in [-0.2, 0) is 14.3 Å². The Morgan fingerprint density at radius 3 is 2.50 bits per heavy atom. The van der Waals surface area contributed by atoms with E-state index in [0.717, 1.165) is 0 Å². The van der Waals surface area contributed by atoms with Gasteiger partial charge in [-0.05, 0) is 12.8 Å². The highest BCUT2D eigenvalue weighted by Crippen LogP contribution is 2.23. The third-order valence-corrected chi connectivity index (χ3v) is 3.29. The highest BCUT2D eigenvalue weighted by atomic mass is 16.6. The maximum Gasteiger partial charge on any atom is 0.309 e. The van der Waals surface area contributed by atoms with Crippen LogP contribution in [0.15, 0.2) is 0 Å². The molecule has 0 aromatic heterocycles. The van der Waals surface area contributed by atoms with Gasteiger partial charge >= 0.3 is 5.97 Å². The van der Waals surface area contributed by atoms with Crippen molar-refractivity contribution < 1.29 is 29.6 Å². The minimum absolute atomic E-state index is 0.0174. The van der Waals surface area contributed by atoms with E-state index in [4.69, 9.17) is 14.6 Å². The summed E-state index contributed by atoms with van der Waals surface area (Å²) < 4.78 is 10.1. The van der Waals surface area contributed by atoms with Gasteiger partial charge in [0.1, 0.15) is 18.3 Å². The number of esters is 1. The minimum atomic E-state index is -1.13. The lowest BCUT2D eigenvalue weighted by molar-refractivity contribution is -0.246.